The third-order valence-corrected chi connectivity index (χ3v) is 6.47. The van der Waals surface area contributed by atoms with Crippen LogP contribution in [0.1, 0.15) is 25.8 Å². The molecule has 2 unspecified atom stereocenters. The number of alkyl halides is 6. The van der Waals surface area contributed by atoms with Gasteiger partial charge in [0.1, 0.15) is 0 Å². The summed E-state index contributed by atoms with van der Waals surface area (Å²) >= 11 is 28.9. The Morgan fingerprint density at radius 2 is 1.62 bits per heavy atom. The highest BCUT2D eigenvalue weighted by Gasteiger charge is 2.55. The molecular weight excluding hydrogens is 458 g/mol. The fourth-order valence-corrected chi connectivity index (χ4v) is 3.81. The molecule has 0 aromatic heterocycles. The van der Waals surface area contributed by atoms with Crippen LogP contribution >= 0.6 is 58.0 Å². The smallest absolute Gasteiger partial charge is 0.421 e. The first-order valence-electron chi connectivity index (χ1n) is 7.33. The highest BCUT2D eigenvalue weighted by molar-refractivity contribution is 6.49. The van der Waals surface area contributed by atoms with Crippen molar-refractivity contribution in [2.45, 2.75) is 42.6 Å². The number of aliphatic carboxylic acids is 1. The summed E-state index contributed by atoms with van der Waals surface area (Å²) < 4.78 is 35.6. The zero-order chi connectivity index (χ0) is 20.5. The Kier molecular flexibility index (Phi) is 7.86. The zero-order valence-corrected chi connectivity index (χ0v) is 17.4. The molecule has 0 aliphatic heterocycles. The monoisotopic (exact) mass is 471 g/mol. The van der Waals surface area contributed by atoms with E-state index in [0.717, 1.165) is 0 Å². The van der Waals surface area contributed by atoms with Crippen LogP contribution < -0.4 is 5.11 Å². The quantitative estimate of drug-likeness (QED) is 0.480. The highest BCUT2D eigenvalue weighted by atomic mass is 35.5. The Hall–Kier alpha value is -0.0700. The van der Waals surface area contributed by atoms with Gasteiger partial charge in [-0.25, -0.2) is 0 Å². The second-order valence-corrected chi connectivity index (χ2v) is 9.30. The maximum atomic E-state index is 12.9. The van der Waals surface area contributed by atoms with E-state index in [1.165, 1.54) is 26.0 Å². The van der Waals surface area contributed by atoms with Crippen LogP contribution in [0.15, 0.2) is 18.2 Å². The summed E-state index contributed by atoms with van der Waals surface area (Å²) in [5, 5.41) is 10.8. The Balaban J connectivity index is 3.16. The summed E-state index contributed by atoms with van der Waals surface area (Å²) in [5.41, 5.74) is -1.04. The molecular formula is C16H15Cl5F3O2-. The van der Waals surface area contributed by atoms with Crippen molar-refractivity contribution >= 4 is 64.0 Å². The molecule has 0 fully saturated rings. The van der Waals surface area contributed by atoms with Crippen LogP contribution in [-0.2, 0) is 11.2 Å². The van der Waals surface area contributed by atoms with Crippen molar-refractivity contribution in [3.63, 3.8) is 0 Å². The lowest BCUT2D eigenvalue weighted by Gasteiger charge is -2.41. The minimum absolute atomic E-state index is 0.180. The number of halogens is 8. The molecule has 2 atom stereocenters. The Labute approximate surface area is 174 Å². The lowest BCUT2D eigenvalue weighted by Crippen LogP contribution is -2.48. The largest absolute Gasteiger partial charge is 0.550 e. The van der Waals surface area contributed by atoms with Gasteiger partial charge in [0.15, 0.2) is 0 Å². The molecule has 26 heavy (non-hydrogen) atoms. The summed E-state index contributed by atoms with van der Waals surface area (Å²) in [4.78, 5) is 11.7. The first-order chi connectivity index (χ1) is 11.6. The van der Waals surface area contributed by atoms with E-state index < -0.39 is 39.6 Å². The standard InChI is InChI=1S/C16H16Cl5F3O2/c1-14(2,12(19)7-15(20,21)16(22,23)24)9(13(25)26)6-8-10(17)4-3-5-11(8)18/h3-5,9,12H,6-7H2,1-2H3,(H,25,26)/p-1. The number of carbonyl (C=O) groups is 1. The first-order valence-corrected chi connectivity index (χ1v) is 9.28. The molecule has 0 spiro atoms. The third-order valence-electron chi connectivity index (χ3n) is 4.31. The van der Waals surface area contributed by atoms with Crippen LogP contribution in [0.4, 0.5) is 13.2 Å². The van der Waals surface area contributed by atoms with Gasteiger partial charge in [0.05, 0.1) is 0 Å². The molecule has 0 aliphatic rings. The summed E-state index contributed by atoms with van der Waals surface area (Å²) in [6.07, 6.45) is -6.02. The van der Waals surface area contributed by atoms with Gasteiger partial charge in [-0.15, -0.1) is 11.6 Å². The molecule has 0 amide bonds. The molecule has 0 bridgehead atoms. The third kappa shape index (κ3) is 5.48. The van der Waals surface area contributed by atoms with Gasteiger partial charge in [-0.1, -0.05) is 66.3 Å². The Morgan fingerprint density at radius 1 is 1.15 bits per heavy atom. The normalized spacial score (nSPS) is 15.6. The summed E-state index contributed by atoms with van der Waals surface area (Å²) in [7, 11) is 0. The van der Waals surface area contributed by atoms with E-state index in [9.17, 15) is 23.1 Å². The predicted molar refractivity (Wildman–Crippen MR) is 97.2 cm³/mol. The average molecular weight is 474 g/mol. The van der Waals surface area contributed by atoms with Gasteiger partial charge in [-0.05, 0) is 29.5 Å². The van der Waals surface area contributed by atoms with Gasteiger partial charge in [-0.3, -0.25) is 0 Å². The topological polar surface area (TPSA) is 40.1 Å². The summed E-state index contributed by atoms with van der Waals surface area (Å²) in [5.74, 6) is -2.79. The maximum Gasteiger partial charge on any atom is 0.421 e. The number of carbonyl (C=O) groups excluding carboxylic acids is 1. The molecule has 0 aliphatic carbocycles. The van der Waals surface area contributed by atoms with Crippen molar-refractivity contribution in [1.82, 2.24) is 0 Å². The van der Waals surface area contributed by atoms with Crippen molar-refractivity contribution < 1.29 is 23.1 Å². The Bertz CT molecular complexity index is 642. The second-order valence-electron chi connectivity index (χ2n) is 6.47. The SMILES string of the molecule is CC(C)(C(Cl)CC(Cl)(Cl)C(F)(F)F)C(Cc1c(Cl)cccc1Cl)C(=O)[O-]. The Morgan fingerprint density at radius 3 is 2.00 bits per heavy atom. The number of hydrogen-bond acceptors (Lipinski definition) is 2. The van der Waals surface area contributed by atoms with Crippen molar-refractivity contribution in [3.05, 3.63) is 33.8 Å². The van der Waals surface area contributed by atoms with Crippen LogP contribution in [0.5, 0.6) is 0 Å². The molecule has 0 heterocycles. The molecule has 10 heteroatoms. The lowest BCUT2D eigenvalue weighted by molar-refractivity contribution is -0.315. The van der Waals surface area contributed by atoms with Crippen LogP contribution in [-0.4, -0.2) is 21.9 Å². The highest BCUT2D eigenvalue weighted by Crippen LogP contribution is 2.49. The van der Waals surface area contributed by atoms with Gasteiger partial charge >= 0.3 is 6.18 Å². The van der Waals surface area contributed by atoms with Gasteiger partial charge in [0.25, 0.3) is 0 Å². The maximum absolute atomic E-state index is 12.9. The van der Waals surface area contributed by atoms with E-state index in [0.29, 0.717) is 5.56 Å². The second kappa shape index (κ2) is 8.52. The number of hydrogen-bond donors (Lipinski definition) is 0. The molecule has 1 rings (SSSR count). The number of benzene rings is 1. The van der Waals surface area contributed by atoms with E-state index in [1.54, 1.807) is 6.07 Å². The van der Waals surface area contributed by atoms with E-state index >= 15 is 0 Å². The number of rotatable bonds is 7. The van der Waals surface area contributed by atoms with Crippen LogP contribution in [0.25, 0.3) is 0 Å². The zero-order valence-electron chi connectivity index (χ0n) is 13.6. The van der Waals surface area contributed by atoms with Crippen molar-refractivity contribution in [1.29, 1.82) is 0 Å². The molecule has 0 radical (unpaired) electrons. The van der Waals surface area contributed by atoms with Crippen LogP contribution in [0.3, 0.4) is 0 Å². The summed E-state index contributed by atoms with van der Waals surface area (Å²) in [6, 6.07) is 4.62. The van der Waals surface area contributed by atoms with Gasteiger partial charge < -0.3 is 9.90 Å². The number of carboxylic acids is 1. The van der Waals surface area contributed by atoms with E-state index in [4.69, 9.17) is 58.0 Å². The van der Waals surface area contributed by atoms with E-state index in [1.807, 2.05) is 0 Å². The van der Waals surface area contributed by atoms with Gasteiger partial charge in [-0.2, -0.15) is 13.2 Å². The van der Waals surface area contributed by atoms with Gasteiger partial charge in [0, 0.05) is 33.7 Å². The predicted octanol–water partition coefficient (Wildman–Crippen LogP) is 5.66. The van der Waals surface area contributed by atoms with Crippen molar-refractivity contribution in [2.75, 3.05) is 0 Å². The molecule has 1 aromatic rings. The molecule has 0 saturated heterocycles. The molecule has 0 N–H and O–H groups in total. The fraction of sp³-hybridized carbons (Fsp3) is 0.562. The molecule has 148 valence electrons. The average Bonchev–Trinajstić information content (AvgIpc) is 2.44. The minimum Gasteiger partial charge on any atom is -0.550 e. The lowest BCUT2D eigenvalue weighted by atomic mass is 9.72. The minimum atomic E-state index is -4.93. The number of carboxylic acid groups (broad SMARTS) is 1. The van der Waals surface area contributed by atoms with Crippen LogP contribution in [0, 0.1) is 11.3 Å². The first kappa shape index (κ1) is 24.0. The van der Waals surface area contributed by atoms with Crippen LogP contribution in [0.2, 0.25) is 10.0 Å². The molecule has 0 saturated carbocycles. The van der Waals surface area contributed by atoms with Crippen molar-refractivity contribution in [3.8, 4) is 0 Å². The van der Waals surface area contributed by atoms with Crippen molar-refractivity contribution in [2.24, 2.45) is 11.3 Å². The van der Waals surface area contributed by atoms with E-state index in [2.05, 4.69) is 0 Å². The fourth-order valence-electron chi connectivity index (χ4n) is 2.40. The van der Waals surface area contributed by atoms with Gasteiger partial charge in [0.2, 0.25) is 4.33 Å². The summed E-state index contributed by atoms with van der Waals surface area (Å²) in [6.45, 7) is 2.80. The van der Waals surface area contributed by atoms with E-state index in [-0.39, 0.29) is 16.5 Å². The molecule has 1 aromatic carbocycles. The molecule has 2 nitrogen and oxygen atoms in total.